The zero-order valence-electron chi connectivity index (χ0n) is 10.0. The molecule has 1 N–H and O–H groups in total. The van der Waals surface area contributed by atoms with Crippen molar-refractivity contribution in [3.8, 4) is 0 Å². The second-order valence-corrected chi connectivity index (χ2v) is 4.50. The van der Waals surface area contributed by atoms with Crippen molar-refractivity contribution >= 4 is 23.3 Å². The van der Waals surface area contributed by atoms with E-state index in [1.54, 1.807) is 6.07 Å². The first-order valence-corrected chi connectivity index (χ1v) is 6.10. The van der Waals surface area contributed by atoms with Crippen LogP contribution < -0.4 is 0 Å². The van der Waals surface area contributed by atoms with Crippen molar-refractivity contribution in [3.05, 3.63) is 28.8 Å². The van der Waals surface area contributed by atoms with Gasteiger partial charge >= 0.3 is 0 Å². The minimum absolute atomic E-state index is 0.228. The number of imidazole rings is 1. The van der Waals surface area contributed by atoms with Crippen molar-refractivity contribution in [2.75, 3.05) is 20.1 Å². The topological polar surface area (TPSA) is 24.0 Å². The van der Waals surface area contributed by atoms with Crippen molar-refractivity contribution in [3.63, 3.8) is 0 Å². The number of H-pyrrole nitrogens is 1. The van der Waals surface area contributed by atoms with Crippen LogP contribution in [0.2, 0.25) is 0 Å². The molecule has 3 nitrogen and oxygen atoms in total. The maximum atomic E-state index is 13.8. The molecule has 1 heterocycles. The highest BCUT2D eigenvalue weighted by atomic mass is 32.1. The predicted octanol–water partition coefficient (Wildman–Crippen LogP) is 2.79. The Morgan fingerprint density at radius 3 is 2.94 bits per heavy atom. The zero-order chi connectivity index (χ0) is 12.4. The third-order valence-electron chi connectivity index (χ3n) is 2.99. The van der Waals surface area contributed by atoms with Gasteiger partial charge in [0, 0.05) is 13.1 Å². The lowest BCUT2D eigenvalue weighted by atomic mass is 10.3. The first kappa shape index (κ1) is 12.3. The first-order valence-electron chi connectivity index (χ1n) is 5.69. The SMILES string of the molecule is CCN(C)CCn1c(=S)[nH]c2cccc(F)c21. The molecule has 17 heavy (non-hydrogen) atoms. The highest BCUT2D eigenvalue weighted by Crippen LogP contribution is 2.17. The van der Waals surface area contributed by atoms with Gasteiger partial charge in [-0.2, -0.15) is 0 Å². The minimum atomic E-state index is -0.228. The normalized spacial score (nSPS) is 11.5. The number of aromatic amines is 1. The Morgan fingerprint density at radius 1 is 1.47 bits per heavy atom. The van der Waals surface area contributed by atoms with Gasteiger partial charge in [0.1, 0.15) is 11.3 Å². The second kappa shape index (κ2) is 4.98. The predicted molar refractivity (Wildman–Crippen MR) is 70.3 cm³/mol. The Labute approximate surface area is 105 Å². The van der Waals surface area contributed by atoms with Gasteiger partial charge in [-0.3, -0.25) is 0 Å². The molecule has 1 aromatic heterocycles. The number of nitrogens with zero attached hydrogens (tertiary/aromatic N) is 2. The molecular formula is C12H16FN3S. The number of benzene rings is 1. The quantitative estimate of drug-likeness (QED) is 0.847. The molecule has 0 radical (unpaired) electrons. The summed E-state index contributed by atoms with van der Waals surface area (Å²) in [6.07, 6.45) is 0. The average molecular weight is 253 g/mol. The number of para-hydroxylation sites is 1. The number of fused-ring (bicyclic) bond motifs is 1. The molecule has 0 spiro atoms. The molecule has 5 heteroatoms. The molecule has 0 aliphatic heterocycles. The van der Waals surface area contributed by atoms with E-state index >= 15 is 0 Å². The van der Waals surface area contributed by atoms with Gasteiger partial charge in [0.25, 0.3) is 0 Å². The van der Waals surface area contributed by atoms with Crippen molar-refractivity contribution in [1.29, 1.82) is 0 Å². The Kier molecular flexibility index (Phi) is 3.59. The average Bonchev–Trinajstić information content (AvgIpc) is 2.63. The molecule has 0 unspecified atom stereocenters. The fraction of sp³-hybridized carbons (Fsp3) is 0.417. The number of hydrogen-bond acceptors (Lipinski definition) is 2. The summed E-state index contributed by atoms with van der Waals surface area (Å²) in [5, 5.41) is 0. The van der Waals surface area contributed by atoms with E-state index in [4.69, 9.17) is 12.2 Å². The van der Waals surface area contributed by atoms with Crippen LogP contribution >= 0.6 is 12.2 Å². The molecule has 1 aromatic carbocycles. The summed E-state index contributed by atoms with van der Waals surface area (Å²) in [4.78, 5) is 5.20. The molecule has 92 valence electrons. The summed E-state index contributed by atoms with van der Waals surface area (Å²) >= 11 is 5.22. The van der Waals surface area contributed by atoms with Gasteiger partial charge in [0.2, 0.25) is 0 Å². The lowest BCUT2D eigenvalue weighted by molar-refractivity contribution is 0.336. The number of likely N-dealkylation sites (N-methyl/N-ethyl adjacent to an activating group) is 1. The molecule has 2 rings (SSSR count). The Balaban J connectivity index is 2.39. The van der Waals surface area contributed by atoms with E-state index in [9.17, 15) is 4.39 Å². The van der Waals surface area contributed by atoms with Crippen LogP contribution in [-0.2, 0) is 6.54 Å². The molecule has 0 saturated heterocycles. The van der Waals surface area contributed by atoms with E-state index in [0.717, 1.165) is 18.6 Å². The number of hydrogen-bond donors (Lipinski definition) is 1. The molecule has 2 aromatic rings. The third kappa shape index (κ3) is 2.40. The minimum Gasteiger partial charge on any atom is -0.330 e. The monoisotopic (exact) mass is 253 g/mol. The van der Waals surface area contributed by atoms with Gasteiger partial charge in [-0.05, 0) is 37.9 Å². The first-order chi connectivity index (χ1) is 8.13. The molecule has 0 aliphatic carbocycles. The smallest absolute Gasteiger partial charge is 0.178 e. The van der Waals surface area contributed by atoms with Crippen LogP contribution in [0.3, 0.4) is 0 Å². The Bertz CT molecular complexity index is 573. The van der Waals surface area contributed by atoms with Crippen LogP contribution in [0, 0.1) is 10.6 Å². The van der Waals surface area contributed by atoms with Crippen molar-refractivity contribution in [2.45, 2.75) is 13.5 Å². The van der Waals surface area contributed by atoms with Gasteiger partial charge in [-0.15, -0.1) is 0 Å². The fourth-order valence-corrected chi connectivity index (χ4v) is 2.11. The molecular weight excluding hydrogens is 237 g/mol. The standard InChI is InChI=1S/C12H16FN3S/c1-3-15(2)7-8-16-11-9(13)5-4-6-10(11)14-12(16)17/h4-6H,3,7-8H2,1-2H3,(H,14,17). The van der Waals surface area contributed by atoms with E-state index in [1.165, 1.54) is 6.07 Å². The van der Waals surface area contributed by atoms with E-state index in [-0.39, 0.29) is 5.82 Å². The number of halogens is 1. The molecule has 0 atom stereocenters. The largest absolute Gasteiger partial charge is 0.330 e. The molecule has 0 aliphatic rings. The zero-order valence-corrected chi connectivity index (χ0v) is 10.9. The van der Waals surface area contributed by atoms with Crippen LogP contribution in [0.5, 0.6) is 0 Å². The summed E-state index contributed by atoms with van der Waals surface area (Å²) in [6.45, 7) is 4.61. The van der Waals surface area contributed by atoms with Crippen LogP contribution in [0.4, 0.5) is 4.39 Å². The van der Waals surface area contributed by atoms with Gasteiger partial charge < -0.3 is 14.5 Å². The number of aromatic nitrogens is 2. The summed E-state index contributed by atoms with van der Waals surface area (Å²) in [5.41, 5.74) is 1.33. The second-order valence-electron chi connectivity index (χ2n) is 4.11. The van der Waals surface area contributed by atoms with E-state index in [0.29, 0.717) is 16.8 Å². The Hall–Kier alpha value is -1.20. The van der Waals surface area contributed by atoms with Gasteiger partial charge in [-0.25, -0.2) is 4.39 Å². The van der Waals surface area contributed by atoms with E-state index in [2.05, 4.69) is 16.8 Å². The lowest BCUT2D eigenvalue weighted by Crippen LogP contribution is -2.22. The number of rotatable bonds is 4. The molecule has 0 amide bonds. The van der Waals surface area contributed by atoms with Gasteiger partial charge in [0.15, 0.2) is 4.77 Å². The van der Waals surface area contributed by atoms with Crippen LogP contribution in [0.15, 0.2) is 18.2 Å². The molecule has 0 saturated carbocycles. The number of nitrogens with one attached hydrogen (secondary N) is 1. The van der Waals surface area contributed by atoms with Gasteiger partial charge in [-0.1, -0.05) is 13.0 Å². The molecule has 0 fully saturated rings. The summed E-state index contributed by atoms with van der Waals surface area (Å²) in [7, 11) is 2.04. The maximum absolute atomic E-state index is 13.8. The van der Waals surface area contributed by atoms with Crippen LogP contribution in [-0.4, -0.2) is 34.6 Å². The molecule has 0 bridgehead atoms. The third-order valence-corrected chi connectivity index (χ3v) is 3.31. The van der Waals surface area contributed by atoms with Crippen LogP contribution in [0.25, 0.3) is 11.0 Å². The van der Waals surface area contributed by atoms with Gasteiger partial charge in [0.05, 0.1) is 5.52 Å². The Morgan fingerprint density at radius 2 is 2.24 bits per heavy atom. The summed E-state index contributed by atoms with van der Waals surface area (Å²) in [5.74, 6) is -0.228. The highest BCUT2D eigenvalue weighted by molar-refractivity contribution is 7.71. The summed E-state index contributed by atoms with van der Waals surface area (Å²) in [6, 6.07) is 4.99. The van der Waals surface area contributed by atoms with Crippen molar-refractivity contribution in [2.24, 2.45) is 0 Å². The fourth-order valence-electron chi connectivity index (χ4n) is 1.82. The van der Waals surface area contributed by atoms with Crippen LogP contribution in [0.1, 0.15) is 6.92 Å². The van der Waals surface area contributed by atoms with E-state index < -0.39 is 0 Å². The van der Waals surface area contributed by atoms with Crippen molar-refractivity contribution < 1.29 is 4.39 Å². The summed E-state index contributed by atoms with van der Waals surface area (Å²) < 4.78 is 16.2. The van der Waals surface area contributed by atoms with E-state index in [1.807, 2.05) is 17.7 Å². The van der Waals surface area contributed by atoms with Crippen molar-refractivity contribution in [1.82, 2.24) is 14.5 Å². The highest BCUT2D eigenvalue weighted by Gasteiger charge is 2.09. The maximum Gasteiger partial charge on any atom is 0.178 e. The lowest BCUT2D eigenvalue weighted by Gasteiger charge is -2.14.